The van der Waals surface area contributed by atoms with Gasteiger partial charge in [-0.3, -0.25) is 4.79 Å². The van der Waals surface area contributed by atoms with E-state index in [2.05, 4.69) is 0 Å². The highest BCUT2D eigenvalue weighted by Gasteiger charge is 2.54. The number of phenols is 1. The Labute approximate surface area is 212 Å². The van der Waals surface area contributed by atoms with E-state index in [0.717, 1.165) is 5.56 Å². The van der Waals surface area contributed by atoms with Crippen molar-refractivity contribution in [3.63, 3.8) is 0 Å². The number of benzene rings is 3. The molecular formula is C28H24O9. The van der Waals surface area contributed by atoms with Crippen molar-refractivity contribution in [1.29, 1.82) is 0 Å². The van der Waals surface area contributed by atoms with Crippen molar-refractivity contribution < 1.29 is 43.1 Å². The van der Waals surface area contributed by atoms with E-state index in [4.69, 9.17) is 28.4 Å². The minimum absolute atomic E-state index is 0.0626. The first-order valence-corrected chi connectivity index (χ1v) is 11.8. The molecule has 3 aliphatic rings. The molecule has 190 valence electrons. The SMILES string of the molecule is COc1cc([C@@H]2c3cc4c(cc3[C@@H](OC(=O)c3ccccc3)[C@H]3COC(=O)[C@H]23)OCO4)cc(OC)c1O. The van der Waals surface area contributed by atoms with Crippen LogP contribution in [0.1, 0.15) is 39.1 Å². The Kier molecular flexibility index (Phi) is 5.55. The highest BCUT2D eigenvalue weighted by molar-refractivity contribution is 5.89. The minimum Gasteiger partial charge on any atom is -0.502 e. The summed E-state index contributed by atoms with van der Waals surface area (Å²) in [5, 5.41) is 10.5. The first-order chi connectivity index (χ1) is 18.0. The molecule has 1 N–H and O–H groups in total. The van der Waals surface area contributed by atoms with Crippen LogP contribution >= 0.6 is 0 Å². The number of rotatable bonds is 5. The van der Waals surface area contributed by atoms with Crippen LogP contribution < -0.4 is 18.9 Å². The lowest BCUT2D eigenvalue weighted by Crippen LogP contribution is -2.36. The van der Waals surface area contributed by atoms with E-state index in [9.17, 15) is 14.7 Å². The van der Waals surface area contributed by atoms with Crippen molar-refractivity contribution in [3.05, 3.63) is 76.9 Å². The summed E-state index contributed by atoms with van der Waals surface area (Å²) in [6.45, 7) is 0.153. The molecule has 0 aromatic heterocycles. The van der Waals surface area contributed by atoms with Gasteiger partial charge >= 0.3 is 11.9 Å². The number of hydrogen-bond acceptors (Lipinski definition) is 9. The monoisotopic (exact) mass is 504 g/mol. The van der Waals surface area contributed by atoms with Crippen LogP contribution in [-0.2, 0) is 14.3 Å². The van der Waals surface area contributed by atoms with Crippen molar-refractivity contribution >= 4 is 11.9 Å². The van der Waals surface area contributed by atoms with E-state index in [1.165, 1.54) is 14.2 Å². The number of esters is 2. The molecule has 1 saturated heterocycles. The predicted molar refractivity (Wildman–Crippen MR) is 128 cm³/mol. The molecule has 9 heteroatoms. The van der Waals surface area contributed by atoms with Crippen molar-refractivity contribution in [2.24, 2.45) is 11.8 Å². The van der Waals surface area contributed by atoms with Gasteiger partial charge in [-0.25, -0.2) is 4.79 Å². The fourth-order valence-electron chi connectivity index (χ4n) is 5.51. The van der Waals surface area contributed by atoms with Gasteiger partial charge in [0.2, 0.25) is 12.5 Å². The Hall–Kier alpha value is -4.40. The van der Waals surface area contributed by atoms with Gasteiger partial charge in [0.25, 0.3) is 0 Å². The van der Waals surface area contributed by atoms with E-state index >= 15 is 0 Å². The molecule has 37 heavy (non-hydrogen) atoms. The summed E-state index contributed by atoms with van der Waals surface area (Å²) < 4.78 is 33.6. The maximum Gasteiger partial charge on any atom is 0.338 e. The van der Waals surface area contributed by atoms with E-state index in [1.807, 2.05) is 18.2 Å². The van der Waals surface area contributed by atoms with Crippen molar-refractivity contribution in [3.8, 4) is 28.7 Å². The van der Waals surface area contributed by atoms with Crippen molar-refractivity contribution in [1.82, 2.24) is 0 Å². The van der Waals surface area contributed by atoms with Gasteiger partial charge in [0.15, 0.2) is 23.0 Å². The second-order valence-corrected chi connectivity index (χ2v) is 9.10. The third-order valence-electron chi connectivity index (χ3n) is 7.22. The minimum atomic E-state index is -0.759. The zero-order valence-electron chi connectivity index (χ0n) is 20.1. The van der Waals surface area contributed by atoms with Crippen LogP contribution in [0, 0.1) is 11.8 Å². The third kappa shape index (κ3) is 3.69. The summed E-state index contributed by atoms with van der Waals surface area (Å²) in [6, 6.07) is 15.7. The lowest BCUT2D eigenvalue weighted by atomic mass is 9.66. The number of hydrogen-bond donors (Lipinski definition) is 1. The molecule has 1 fully saturated rings. The number of aromatic hydroxyl groups is 1. The summed E-state index contributed by atoms with van der Waals surface area (Å²) in [6.07, 6.45) is -0.759. The molecule has 0 unspecified atom stereocenters. The molecule has 4 atom stereocenters. The fourth-order valence-corrected chi connectivity index (χ4v) is 5.51. The number of carbonyl (C=O) groups excluding carboxylic acids is 2. The van der Waals surface area contributed by atoms with Crippen LogP contribution in [0.25, 0.3) is 0 Å². The first kappa shape index (κ1) is 23.0. The highest BCUT2D eigenvalue weighted by Crippen LogP contribution is 2.56. The van der Waals surface area contributed by atoms with Gasteiger partial charge in [-0.15, -0.1) is 0 Å². The Balaban J connectivity index is 1.53. The first-order valence-electron chi connectivity index (χ1n) is 11.8. The van der Waals surface area contributed by atoms with Gasteiger partial charge in [-0.05, 0) is 47.5 Å². The Morgan fingerprint density at radius 2 is 1.57 bits per heavy atom. The standard InChI is InChI=1S/C28H24O9/c1-32-21-8-15(9-22(33-2)25(21)29)23-16-10-19-20(36-13-35-19)11-17(16)26(18-12-34-28(31)24(18)23)37-27(30)14-6-4-3-5-7-14/h3-11,18,23-24,26,29H,12-13H2,1-2H3/t18-,23+,24-,26+/m0/s1. The average Bonchev–Trinajstić information content (AvgIpc) is 3.54. The van der Waals surface area contributed by atoms with Crippen molar-refractivity contribution in [2.45, 2.75) is 12.0 Å². The normalized spacial score (nSPS) is 23.0. The van der Waals surface area contributed by atoms with E-state index in [0.29, 0.717) is 28.2 Å². The van der Waals surface area contributed by atoms with E-state index in [-0.39, 0.29) is 30.6 Å². The van der Waals surface area contributed by atoms with Gasteiger partial charge in [-0.1, -0.05) is 18.2 Å². The van der Waals surface area contributed by atoms with Gasteiger partial charge in [0.05, 0.1) is 32.3 Å². The van der Waals surface area contributed by atoms with E-state index in [1.54, 1.807) is 36.4 Å². The largest absolute Gasteiger partial charge is 0.502 e. The number of ether oxygens (including phenoxy) is 6. The number of carbonyl (C=O) groups is 2. The smallest absolute Gasteiger partial charge is 0.338 e. The molecule has 0 amide bonds. The van der Waals surface area contributed by atoms with Crippen LogP contribution in [0.3, 0.4) is 0 Å². The Morgan fingerprint density at radius 3 is 2.22 bits per heavy atom. The molecule has 0 radical (unpaired) electrons. The molecule has 0 bridgehead atoms. The molecule has 1 aliphatic carbocycles. The molecule has 9 nitrogen and oxygen atoms in total. The lowest BCUT2D eigenvalue weighted by Gasteiger charge is -2.38. The highest BCUT2D eigenvalue weighted by atomic mass is 16.7. The second kappa shape index (κ2) is 8.92. The molecule has 6 rings (SSSR count). The van der Waals surface area contributed by atoms with E-state index < -0.39 is 35.8 Å². The maximum atomic E-state index is 13.2. The number of methoxy groups -OCH3 is 2. The van der Waals surface area contributed by atoms with Gasteiger partial charge < -0.3 is 33.5 Å². The van der Waals surface area contributed by atoms with Gasteiger partial charge in [0.1, 0.15) is 6.10 Å². The Morgan fingerprint density at radius 1 is 0.919 bits per heavy atom. The fraction of sp³-hybridized carbons (Fsp3) is 0.286. The van der Waals surface area contributed by atoms with Crippen LogP contribution in [0.2, 0.25) is 0 Å². The average molecular weight is 504 g/mol. The number of cyclic esters (lactones) is 1. The van der Waals surface area contributed by atoms with Crippen LogP contribution in [0.15, 0.2) is 54.6 Å². The Bertz CT molecular complexity index is 1360. The van der Waals surface area contributed by atoms with Gasteiger partial charge in [0, 0.05) is 17.4 Å². The van der Waals surface area contributed by atoms with Gasteiger partial charge in [-0.2, -0.15) is 0 Å². The molecule has 2 aliphatic heterocycles. The third-order valence-corrected chi connectivity index (χ3v) is 7.22. The quantitative estimate of drug-likeness (QED) is 0.516. The molecule has 3 aromatic carbocycles. The number of fused-ring (bicyclic) bond motifs is 3. The zero-order valence-corrected chi connectivity index (χ0v) is 20.1. The summed E-state index contributed by atoms with van der Waals surface area (Å²) in [5.41, 5.74) is 2.50. The summed E-state index contributed by atoms with van der Waals surface area (Å²) >= 11 is 0. The zero-order chi connectivity index (χ0) is 25.7. The maximum absolute atomic E-state index is 13.2. The lowest BCUT2D eigenvalue weighted by molar-refractivity contribution is -0.141. The second-order valence-electron chi connectivity index (χ2n) is 9.10. The summed E-state index contributed by atoms with van der Waals surface area (Å²) in [7, 11) is 2.88. The summed E-state index contributed by atoms with van der Waals surface area (Å²) in [4.78, 5) is 26.3. The molecular weight excluding hydrogens is 480 g/mol. The topological polar surface area (TPSA) is 110 Å². The molecule has 2 heterocycles. The predicted octanol–water partition coefficient (Wildman–Crippen LogP) is 3.97. The number of phenolic OH excluding ortho intramolecular Hbond substituents is 1. The summed E-state index contributed by atoms with van der Waals surface area (Å²) in [5.74, 6) is -1.21. The molecule has 0 saturated carbocycles. The van der Waals surface area contributed by atoms with Crippen LogP contribution in [0.5, 0.6) is 28.7 Å². The molecule has 0 spiro atoms. The van der Waals surface area contributed by atoms with Crippen LogP contribution in [0.4, 0.5) is 0 Å². The molecule has 3 aromatic rings. The van der Waals surface area contributed by atoms with Crippen molar-refractivity contribution in [2.75, 3.05) is 27.6 Å². The van der Waals surface area contributed by atoms with Crippen LogP contribution in [-0.4, -0.2) is 44.7 Å².